The van der Waals surface area contributed by atoms with E-state index in [4.69, 9.17) is 4.74 Å². The Hall–Kier alpha value is -3.67. The van der Waals surface area contributed by atoms with Gasteiger partial charge in [0.2, 0.25) is 0 Å². The summed E-state index contributed by atoms with van der Waals surface area (Å²) in [5.41, 5.74) is 3.97. The van der Waals surface area contributed by atoms with E-state index >= 15 is 0 Å². The second-order valence-electron chi connectivity index (χ2n) is 8.42. The molecule has 2 amide bonds. The van der Waals surface area contributed by atoms with Gasteiger partial charge in [0.05, 0.1) is 0 Å². The number of amides is 2. The molecule has 168 valence electrons. The third kappa shape index (κ3) is 4.21. The first kappa shape index (κ1) is 21.2. The molecule has 0 radical (unpaired) electrons. The van der Waals surface area contributed by atoms with Crippen LogP contribution >= 0.6 is 0 Å². The first-order chi connectivity index (χ1) is 16.1. The second kappa shape index (κ2) is 9.06. The molecule has 2 heterocycles. The monoisotopic (exact) mass is 444 g/mol. The number of carbonyl (C=O) groups excluding carboxylic acids is 2. The van der Waals surface area contributed by atoms with Crippen LogP contribution in [-0.2, 0) is 24.2 Å². The van der Waals surface area contributed by atoms with Crippen molar-refractivity contribution in [3.63, 3.8) is 0 Å². The third-order valence-electron chi connectivity index (χ3n) is 6.36. The number of hydrogen-bond donors (Lipinski definition) is 0. The summed E-state index contributed by atoms with van der Waals surface area (Å²) in [6, 6.07) is 19.8. The van der Waals surface area contributed by atoms with Crippen LogP contribution in [0.5, 0.6) is 5.75 Å². The van der Waals surface area contributed by atoms with Crippen molar-refractivity contribution < 1.29 is 18.7 Å². The number of aryl methyl sites for hydroxylation is 1. The molecule has 0 saturated heterocycles. The van der Waals surface area contributed by atoms with Gasteiger partial charge in [0.15, 0.2) is 6.61 Å². The normalized spacial score (nSPS) is 15.1. The fourth-order valence-electron chi connectivity index (χ4n) is 4.67. The number of anilines is 1. The number of halogens is 1. The summed E-state index contributed by atoms with van der Waals surface area (Å²) < 4.78 is 20.0. The molecule has 3 aromatic rings. The zero-order chi connectivity index (χ0) is 22.8. The first-order valence-corrected chi connectivity index (χ1v) is 11.3. The van der Waals surface area contributed by atoms with Crippen LogP contribution in [0.15, 0.2) is 66.7 Å². The number of nitrogens with zero attached hydrogens (tertiary/aromatic N) is 2. The summed E-state index contributed by atoms with van der Waals surface area (Å²) in [7, 11) is 0. The van der Waals surface area contributed by atoms with E-state index in [1.54, 1.807) is 46.2 Å². The lowest BCUT2D eigenvalue weighted by Gasteiger charge is -2.31. The van der Waals surface area contributed by atoms with E-state index in [1.807, 2.05) is 18.2 Å². The molecule has 0 aromatic heterocycles. The average molecular weight is 445 g/mol. The topological polar surface area (TPSA) is 49.9 Å². The van der Waals surface area contributed by atoms with Crippen molar-refractivity contribution in [2.75, 3.05) is 24.6 Å². The number of carbonyl (C=O) groups is 2. The number of hydrogen-bond acceptors (Lipinski definition) is 3. The van der Waals surface area contributed by atoms with E-state index in [9.17, 15) is 14.0 Å². The largest absolute Gasteiger partial charge is 0.483 e. The van der Waals surface area contributed by atoms with Crippen LogP contribution in [0.25, 0.3) is 0 Å². The fourth-order valence-corrected chi connectivity index (χ4v) is 4.67. The van der Waals surface area contributed by atoms with Crippen LogP contribution < -0.4 is 9.64 Å². The highest BCUT2D eigenvalue weighted by molar-refractivity contribution is 5.98. The van der Waals surface area contributed by atoms with Crippen LogP contribution in [0.1, 0.15) is 33.5 Å². The number of para-hydroxylation sites is 1. The summed E-state index contributed by atoms with van der Waals surface area (Å²) in [6.07, 6.45) is 2.49. The Kier molecular flexibility index (Phi) is 5.82. The van der Waals surface area contributed by atoms with E-state index < -0.39 is 0 Å². The molecule has 0 bridgehead atoms. The zero-order valence-electron chi connectivity index (χ0n) is 18.3. The van der Waals surface area contributed by atoms with Gasteiger partial charge in [-0.3, -0.25) is 9.59 Å². The quantitative estimate of drug-likeness (QED) is 0.587. The standard InChI is InChI=1S/C27H25FN2O3/c28-23-11-3-1-8-20(23)17-29-16-14-21-22(27(29)32)10-5-13-25(21)33-18-26(31)30-15-6-9-19-7-2-4-12-24(19)30/h1-5,7-8,10-13H,6,9,14-18H2. The van der Waals surface area contributed by atoms with Crippen molar-refractivity contribution in [2.45, 2.75) is 25.8 Å². The van der Waals surface area contributed by atoms with E-state index in [0.29, 0.717) is 36.4 Å². The van der Waals surface area contributed by atoms with Crippen LogP contribution in [0.2, 0.25) is 0 Å². The Morgan fingerprint density at radius 1 is 0.939 bits per heavy atom. The third-order valence-corrected chi connectivity index (χ3v) is 6.36. The molecule has 0 saturated carbocycles. The van der Waals surface area contributed by atoms with Crippen LogP contribution in [-0.4, -0.2) is 36.4 Å². The van der Waals surface area contributed by atoms with Gasteiger partial charge in [0, 0.05) is 42.0 Å². The molecule has 0 spiro atoms. The molecule has 6 heteroatoms. The molecule has 2 aliphatic heterocycles. The predicted molar refractivity (Wildman–Crippen MR) is 124 cm³/mol. The molecule has 0 atom stereocenters. The minimum Gasteiger partial charge on any atom is -0.483 e. The number of benzene rings is 3. The van der Waals surface area contributed by atoms with E-state index in [1.165, 1.54) is 11.6 Å². The Morgan fingerprint density at radius 2 is 1.76 bits per heavy atom. The SMILES string of the molecule is O=C1c2cccc(OCC(=O)N3CCCc4ccccc43)c2CCN1Cc1ccccc1F. The van der Waals surface area contributed by atoms with E-state index in [0.717, 1.165) is 24.1 Å². The Labute approximate surface area is 192 Å². The molecule has 5 rings (SSSR count). The van der Waals surface area contributed by atoms with Gasteiger partial charge in [0.1, 0.15) is 11.6 Å². The number of rotatable bonds is 5. The number of ether oxygens (including phenoxy) is 1. The van der Waals surface area contributed by atoms with Crippen LogP contribution in [0.3, 0.4) is 0 Å². The predicted octanol–water partition coefficient (Wildman–Crippen LogP) is 4.38. The van der Waals surface area contributed by atoms with Crippen LogP contribution in [0.4, 0.5) is 10.1 Å². The lowest BCUT2D eigenvalue weighted by atomic mass is 9.97. The van der Waals surface area contributed by atoms with Crippen molar-refractivity contribution >= 4 is 17.5 Å². The second-order valence-corrected chi connectivity index (χ2v) is 8.42. The average Bonchev–Trinajstić information content (AvgIpc) is 2.85. The smallest absolute Gasteiger partial charge is 0.264 e. The minimum atomic E-state index is -0.314. The first-order valence-electron chi connectivity index (χ1n) is 11.3. The van der Waals surface area contributed by atoms with Gasteiger partial charge >= 0.3 is 0 Å². The van der Waals surface area contributed by atoms with E-state index in [2.05, 4.69) is 6.07 Å². The molecule has 0 N–H and O–H groups in total. The van der Waals surface area contributed by atoms with Gasteiger partial charge in [-0.15, -0.1) is 0 Å². The summed E-state index contributed by atoms with van der Waals surface area (Å²) >= 11 is 0. The fraction of sp³-hybridized carbons (Fsp3) is 0.259. The highest BCUT2D eigenvalue weighted by Gasteiger charge is 2.28. The van der Waals surface area contributed by atoms with Gasteiger partial charge in [-0.05, 0) is 49.1 Å². The van der Waals surface area contributed by atoms with Crippen molar-refractivity contribution in [3.05, 3.63) is 94.8 Å². The number of fused-ring (bicyclic) bond motifs is 2. The Morgan fingerprint density at radius 3 is 2.64 bits per heavy atom. The molecule has 0 unspecified atom stereocenters. The molecule has 33 heavy (non-hydrogen) atoms. The highest BCUT2D eigenvalue weighted by atomic mass is 19.1. The zero-order valence-corrected chi connectivity index (χ0v) is 18.3. The van der Waals surface area contributed by atoms with Crippen molar-refractivity contribution in [1.82, 2.24) is 4.90 Å². The molecular weight excluding hydrogens is 419 g/mol. The van der Waals surface area contributed by atoms with Gasteiger partial charge < -0.3 is 14.5 Å². The van der Waals surface area contributed by atoms with Crippen molar-refractivity contribution in [2.24, 2.45) is 0 Å². The van der Waals surface area contributed by atoms with Crippen molar-refractivity contribution in [3.8, 4) is 5.75 Å². The molecule has 0 aliphatic carbocycles. The van der Waals surface area contributed by atoms with Crippen LogP contribution in [0, 0.1) is 5.82 Å². The maximum absolute atomic E-state index is 14.1. The van der Waals surface area contributed by atoms with Gasteiger partial charge in [-0.25, -0.2) is 4.39 Å². The minimum absolute atomic E-state index is 0.0854. The Balaban J connectivity index is 1.29. The lowest BCUT2D eigenvalue weighted by molar-refractivity contribution is -0.120. The van der Waals surface area contributed by atoms with Gasteiger partial charge in [-0.1, -0.05) is 42.5 Å². The van der Waals surface area contributed by atoms with Gasteiger partial charge in [-0.2, -0.15) is 0 Å². The summed E-state index contributed by atoms with van der Waals surface area (Å²) in [5, 5.41) is 0. The molecular formula is C27H25FN2O3. The maximum Gasteiger partial charge on any atom is 0.264 e. The van der Waals surface area contributed by atoms with Gasteiger partial charge in [0.25, 0.3) is 11.8 Å². The molecule has 3 aromatic carbocycles. The highest BCUT2D eigenvalue weighted by Crippen LogP contribution is 2.30. The van der Waals surface area contributed by atoms with E-state index in [-0.39, 0.29) is 30.8 Å². The summed E-state index contributed by atoms with van der Waals surface area (Å²) in [4.78, 5) is 29.5. The summed E-state index contributed by atoms with van der Waals surface area (Å²) in [5.74, 6) is 0.000298. The summed E-state index contributed by atoms with van der Waals surface area (Å²) in [6.45, 7) is 1.28. The van der Waals surface area contributed by atoms with Crippen molar-refractivity contribution in [1.29, 1.82) is 0 Å². The molecule has 0 fully saturated rings. The maximum atomic E-state index is 14.1. The lowest BCUT2D eigenvalue weighted by Crippen LogP contribution is -2.39. The molecule has 2 aliphatic rings. The molecule has 5 nitrogen and oxygen atoms in total. The Bertz CT molecular complexity index is 1210.